The number of hydrogen-bond acceptors (Lipinski definition) is 5. The van der Waals surface area contributed by atoms with Gasteiger partial charge in [-0.1, -0.05) is 12.1 Å². The maximum atomic E-state index is 12.4. The molecule has 0 aromatic heterocycles. The summed E-state index contributed by atoms with van der Waals surface area (Å²) in [6, 6.07) is 8.16. The van der Waals surface area contributed by atoms with Gasteiger partial charge in [-0.3, -0.25) is 9.69 Å². The average Bonchev–Trinajstić information content (AvgIpc) is 2.79. The number of nitrogens with zero attached hydrogens (tertiary/aromatic N) is 2. The number of likely N-dealkylation sites (tertiary alicyclic amines) is 2. The van der Waals surface area contributed by atoms with E-state index >= 15 is 0 Å². The molecule has 1 aromatic rings. The minimum atomic E-state index is -3.07. The Hall–Kier alpha value is -1.60. The third kappa shape index (κ3) is 5.02. The highest BCUT2D eigenvalue weighted by Gasteiger charge is 2.45. The van der Waals surface area contributed by atoms with Crippen LogP contribution in [0.2, 0.25) is 0 Å². The first-order chi connectivity index (χ1) is 12.8. The summed E-state index contributed by atoms with van der Waals surface area (Å²) in [7, 11) is -1.40. The second kappa shape index (κ2) is 8.19. The fourth-order valence-electron chi connectivity index (χ4n) is 4.39. The van der Waals surface area contributed by atoms with E-state index in [9.17, 15) is 13.2 Å². The number of carbonyl (C=O) groups excluding carboxylic acids is 1. The Morgan fingerprint density at radius 2 is 1.85 bits per heavy atom. The molecule has 2 aliphatic heterocycles. The molecule has 1 unspecified atom stereocenters. The number of amides is 1. The van der Waals surface area contributed by atoms with E-state index in [1.807, 2.05) is 17.0 Å². The van der Waals surface area contributed by atoms with Gasteiger partial charge >= 0.3 is 0 Å². The molecule has 0 N–H and O–H groups in total. The monoisotopic (exact) mass is 394 g/mol. The molecule has 0 aliphatic carbocycles. The first kappa shape index (κ1) is 20.1. The van der Waals surface area contributed by atoms with E-state index in [0.29, 0.717) is 13.0 Å². The summed E-state index contributed by atoms with van der Waals surface area (Å²) >= 11 is 0. The van der Waals surface area contributed by atoms with Crippen molar-refractivity contribution >= 4 is 15.7 Å². The molecular weight excluding hydrogens is 364 g/mol. The normalized spacial score (nSPS) is 24.4. The van der Waals surface area contributed by atoms with Crippen LogP contribution in [0, 0.1) is 0 Å². The topological polar surface area (TPSA) is 66.9 Å². The van der Waals surface area contributed by atoms with E-state index in [2.05, 4.69) is 17.0 Å². The van der Waals surface area contributed by atoms with Gasteiger partial charge in [0.25, 0.3) is 0 Å². The molecule has 0 bridgehead atoms. The third-order valence-corrected chi connectivity index (χ3v) is 6.86. The van der Waals surface area contributed by atoms with Crippen LogP contribution in [0.5, 0.6) is 5.75 Å². The molecule has 1 atom stereocenters. The number of carbonyl (C=O) groups is 1. The SMILES string of the molecule is COc1ccc(CN2CCCC3(CCC(=O)N3CCS(C)(=O)=O)CC2)cc1. The molecular formula is C20H30N2O4S. The van der Waals surface area contributed by atoms with Crippen LogP contribution in [-0.4, -0.2) is 68.4 Å². The van der Waals surface area contributed by atoms with Gasteiger partial charge in [0.05, 0.1) is 12.9 Å². The van der Waals surface area contributed by atoms with Gasteiger partial charge in [0, 0.05) is 37.8 Å². The number of rotatable bonds is 6. The molecule has 2 fully saturated rings. The lowest BCUT2D eigenvalue weighted by Crippen LogP contribution is -2.48. The molecule has 0 radical (unpaired) electrons. The zero-order valence-corrected chi connectivity index (χ0v) is 17.1. The first-order valence-electron chi connectivity index (χ1n) is 9.65. The van der Waals surface area contributed by atoms with Crippen molar-refractivity contribution in [1.29, 1.82) is 0 Å². The van der Waals surface area contributed by atoms with E-state index in [1.165, 1.54) is 11.8 Å². The number of benzene rings is 1. The Balaban J connectivity index is 1.64. The van der Waals surface area contributed by atoms with E-state index < -0.39 is 9.84 Å². The van der Waals surface area contributed by atoms with Crippen LogP contribution in [0.1, 0.15) is 37.7 Å². The van der Waals surface area contributed by atoms with E-state index in [-0.39, 0.29) is 17.2 Å². The zero-order chi connectivity index (χ0) is 19.5. The van der Waals surface area contributed by atoms with Gasteiger partial charge in [0.1, 0.15) is 15.6 Å². The molecule has 6 nitrogen and oxygen atoms in total. The molecule has 2 heterocycles. The van der Waals surface area contributed by atoms with Crippen molar-refractivity contribution in [3.63, 3.8) is 0 Å². The molecule has 150 valence electrons. The minimum Gasteiger partial charge on any atom is -0.497 e. The van der Waals surface area contributed by atoms with E-state index in [1.54, 1.807) is 7.11 Å². The van der Waals surface area contributed by atoms with Crippen LogP contribution in [-0.2, 0) is 21.2 Å². The third-order valence-electron chi connectivity index (χ3n) is 5.94. The summed E-state index contributed by atoms with van der Waals surface area (Å²) < 4.78 is 28.4. The van der Waals surface area contributed by atoms with Gasteiger partial charge in [-0.2, -0.15) is 0 Å². The summed E-state index contributed by atoms with van der Waals surface area (Å²) in [5, 5.41) is 0. The number of hydrogen-bond donors (Lipinski definition) is 0. The van der Waals surface area contributed by atoms with Gasteiger partial charge in [0.2, 0.25) is 5.91 Å². The first-order valence-corrected chi connectivity index (χ1v) is 11.7. The predicted molar refractivity (Wildman–Crippen MR) is 106 cm³/mol. The number of sulfone groups is 1. The molecule has 1 amide bonds. The van der Waals surface area contributed by atoms with Gasteiger partial charge in [-0.25, -0.2) is 8.42 Å². The zero-order valence-electron chi connectivity index (χ0n) is 16.3. The molecule has 2 saturated heterocycles. The summed E-state index contributed by atoms with van der Waals surface area (Å²) in [5.41, 5.74) is 1.10. The molecule has 2 aliphatic rings. The molecule has 0 saturated carbocycles. The lowest BCUT2D eigenvalue weighted by Gasteiger charge is -2.38. The molecule has 3 rings (SSSR count). The quantitative estimate of drug-likeness (QED) is 0.739. The summed E-state index contributed by atoms with van der Waals surface area (Å²) in [5.74, 6) is 1.03. The highest BCUT2D eigenvalue weighted by molar-refractivity contribution is 7.90. The van der Waals surface area contributed by atoms with Crippen LogP contribution >= 0.6 is 0 Å². The Morgan fingerprint density at radius 1 is 1.11 bits per heavy atom. The highest BCUT2D eigenvalue weighted by atomic mass is 32.2. The standard InChI is InChI=1S/C20H30N2O4S/c1-26-18-6-4-17(5-7-18)16-21-12-3-9-20(11-13-21)10-8-19(23)22(20)14-15-27(2,24)25/h4-7H,3,8-16H2,1-2H3. The Morgan fingerprint density at radius 3 is 2.52 bits per heavy atom. The van der Waals surface area contributed by atoms with Crippen molar-refractivity contribution in [2.45, 2.75) is 44.2 Å². The van der Waals surface area contributed by atoms with Gasteiger partial charge in [-0.05, 0) is 49.9 Å². The van der Waals surface area contributed by atoms with Crippen LogP contribution < -0.4 is 4.74 Å². The molecule has 1 aromatic carbocycles. The summed E-state index contributed by atoms with van der Waals surface area (Å²) in [6.07, 6.45) is 5.54. The van der Waals surface area contributed by atoms with Crippen LogP contribution in [0.3, 0.4) is 0 Å². The van der Waals surface area contributed by atoms with Crippen molar-refractivity contribution in [1.82, 2.24) is 9.80 Å². The van der Waals surface area contributed by atoms with Gasteiger partial charge in [-0.15, -0.1) is 0 Å². The molecule has 1 spiro atoms. The number of ether oxygens (including phenoxy) is 1. The van der Waals surface area contributed by atoms with Crippen molar-refractivity contribution in [3.8, 4) is 5.75 Å². The van der Waals surface area contributed by atoms with Crippen LogP contribution in [0.25, 0.3) is 0 Å². The van der Waals surface area contributed by atoms with Gasteiger partial charge < -0.3 is 9.64 Å². The van der Waals surface area contributed by atoms with Crippen LogP contribution in [0.15, 0.2) is 24.3 Å². The largest absolute Gasteiger partial charge is 0.497 e. The Labute approximate surface area is 162 Å². The fraction of sp³-hybridized carbons (Fsp3) is 0.650. The Kier molecular flexibility index (Phi) is 6.11. The predicted octanol–water partition coefficient (Wildman–Crippen LogP) is 2.09. The smallest absolute Gasteiger partial charge is 0.223 e. The number of methoxy groups -OCH3 is 1. The Bertz CT molecular complexity index is 763. The fourth-order valence-corrected chi connectivity index (χ4v) is 4.91. The van der Waals surface area contributed by atoms with Crippen LogP contribution in [0.4, 0.5) is 0 Å². The maximum Gasteiger partial charge on any atom is 0.223 e. The second-order valence-corrected chi connectivity index (χ2v) is 10.1. The lowest BCUT2D eigenvalue weighted by molar-refractivity contribution is -0.131. The maximum absolute atomic E-state index is 12.4. The van der Waals surface area contributed by atoms with Crippen molar-refractivity contribution < 1.29 is 17.9 Å². The minimum absolute atomic E-state index is 0.0516. The summed E-state index contributed by atoms with van der Waals surface area (Å²) in [4.78, 5) is 16.7. The average molecular weight is 395 g/mol. The van der Waals surface area contributed by atoms with Crippen molar-refractivity contribution in [2.75, 3.05) is 38.8 Å². The van der Waals surface area contributed by atoms with E-state index in [4.69, 9.17) is 4.74 Å². The molecule has 7 heteroatoms. The summed E-state index contributed by atoms with van der Waals surface area (Å²) in [6.45, 7) is 3.14. The highest BCUT2D eigenvalue weighted by Crippen LogP contribution is 2.39. The van der Waals surface area contributed by atoms with E-state index in [0.717, 1.165) is 51.1 Å². The second-order valence-electron chi connectivity index (χ2n) is 7.88. The molecule has 27 heavy (non-hydrogen) atoms. The van der Waals surface area contributed by atoms with Crippen molar-refractivity contribution in [3.05, 3.63) is 29.8 Å². The van der Waals surface area contributed by atoms with Crippen molar-refractivity contribution in [2.24, 2.45) is 0 Å². The van der Waals surface area contributed by atoms with Gasteiger partial charge in [0.15, 0.2) is 0 Å². The lowest BCUT2D eigenvalue weighted by atomic mass is 9.88.